The number of anilines is 3. The minimum absolute atomic E-state index is 0.00914. The Kier molecular flexibility index (Phi) is 6.49. The van der Waals surface area contributed by atoms with Gasteiger partial charge in [0, 0.05) is 14.8 Å². The third-order valence-corrected chi connectivity index (χ3v) is 6.83. The van der Waals surface area contributed by atoms with Gasteiger partial charge in [-0.1, -0.05) is 12.1 Å². The van der Waals surface area contributed by atoms with Crippen LogP contribution in [0.1, 0.15) is 16.8 Å². The van der Waals surface area contributed by atoms with E-state index in [4.69, 9.17) is 4.42 Å². The molecule has 0 saturated carbocycles. The van der Waals surface area contributed by atoms with Crippen LogP contribution < -0.4 is 21.2 Å². The van der Waals surface area contributed by atoms with Gasteiger partial charge in [0.05, 0.1) is 28.9 Å². The topological polar surface area (TPSA) is 121 Å². The van der Waals surface area contributed by atoms with Crippen molar-refractivity contribution in [3.63, 3.8) is 0 Å². The third kappa shape index (κ3) is 4.82. The van der Waals surface area contributed by atoms with Crippen molar-refractivity contribution >= 4 is 60.6 Å². The second-order valence-corrected chi connectivity index (χ2v) is 11.1. The molecule has 2 aromatic heterocycles. The molecule has 0 bridgehead atoms. The van der Waals surface area contributed by atoms with Crippen LogP contribution in [0, 0.1) is 30.2 Å². The van der Waals surface area contributed by atoms with Crippen LogP contribution in [0.15, 0.2) is 50.4 Å². The first-order valence-electron chi connectivity index (χ1n) is 10.4. The Hall–Kier alpha value is -3.19. The molecule has 4 rings (SSSR count). The van der Waals surface area contributed by atoms with Crippen LogP contribution in [0.4, 0.5) is 21.5 Å². The van der Waals surface area contributed by atoms with E-state index in [0.717, 1.165) is 6.26 Å². The molecule has 3 N–H and O–H groups in total. The molecule has 4 aromatic rings. The van der Waals surface area contributed by atoms with Gasteiger partial charge in [-0.3, -0.25) is 9.52 Å². The van der Waals surface area contributed by atoms with E-state index >= 15 is 0 Å². The molecule has 0 aliphatic carbocycles. The van der Waals surface area contributed by atoms with Gasteiger partial charge < -0.3 is 14.7 Å². The van der Waals surface area contributed by atoms with E-state index in [1.807, 2.05) is 22.6 Å². The van der Waals surface area contributed by atoms with Crippen molar-refractivity contribution in [2.45, 2.75) is 20.8 Å². The number of hydrogen-bond acceptors (Lipinski definition) is 6. The lowest BCUT2D eigenvalue weighted by Gasteiger charge is -2.17. The molecule has 0 aliphatic rings. The number of aryl methyl sites for hydroxylation is 1. The summed E-state index contributed by atoms with van der Waals surface area (Å²) in [6, 6.07) is 9.53. The molecular formula is C24H21FIN3O5S. The van der Waals surface area contributed by atoms with Crippen LogP contribution in [0.3, 0.4) is 0 Å². The van der Waals surface area contributed by atoms with Crippen molar-refractivity contribution in [1.29, 1.82) is 0 Å². The maximum Gasteiger partial charge on any atom is 0.341 e. The minimum atomic E-state index is -3.55. The maximum absolute atomic E-state index is 14.6. The zero-order valence-electron chi connectivity index (χ0n) is 19.2. The summed E-state index contributed by atoms with van der Waals surface area (Å²) in [7, 11) is -3.55. The van der Waals surface area contributed by atoms with Crippen molar-refractivity contribution in [1.82, 2.24) is 4.98 Å². The molecular weight excluding hydrogens is 588 g/mol. The largest absolute Gasteiger partial charge is 0.421 e. The summed E-state index contributed by atoms with van der Waals surface area (Å²) < 4.78 is 47.0. The molecule has 0 amide bonds. The molecule has 0 aliphatic heterocycles. The number of pyridine rings is 1. The quantitative estimate of drug-likeness (QED) is 0.276. The van der Waals surface area contributed by atoms with E-state index in [-0.39, 0.29) is 27.9 Å². The Balaban J connectivity index is 2.05. The number of H-pyrrole nitrogens is 1. The molecule has 0 spiro atoms. The van der Waals surface area contributed by atoms with Crippen molar-refractivity contribution in [2.24, 2.45) is 0 Å². The summed E-state index contributed by atoms with van der Waals surface area (Å²) in [5.41, 5.74) is 1.42. The molecule has 0 unspecified atom stereocenters. The molecule has 2 heterocycles. The van der Waals surface area contributed by atoms with Crippen LogP contribution in [-0.2, 0) is 10.0 Å². The lowest BCUT2D eigenvalue weighted by atomic mass is 9.96. The SMILES string of the molecule is Cc1[nH]c(=O)c2c(Nc3ccc(I)cc3F)c(C)c(=O)oc2c1-c1cccc(NS(C)(=O)=O)c1C. The van der Waals surface area contributed by atoms with Gasteiger partial charge in [0.15, 0.2) is 5.58 Å². The summed E-state index contributed by atoms with van der Waals surface area (Å²) in [6.45, 7) is 4.85. The summed E-state index contributed by atoms with van der Waals surface area (Å²) in [5.74, 6) is -0.545. The lowest BCUT2D eigenvalue weighted by Crippen LogP contribution is -2.17. The fourth-order valence-corrected chi connectivity index (χ4v) is 4.98. The fraction of sp³-hybridized carbons (Fsp3) is 0.167. The number of rotatable bonds is 5. The minimum Gasteiger partial charge on any atom is -0.421 e. The molecule has 182 valence electrons. The summed E-state index contributed by atoms with van der Waals surface area (Å²) >= 11 is 1.98. The molecule has 35 heavy (non-hydrogen) atoms. The van der Waals surface area contributed by atoms with Gasteiger partial charge >= 0.3 is 5.63 Å². The Morgan fingerprint density at radius 2 is 1.74 bits per heavy atom. The molecule has 11 heteroatoms. The van der Waals surface area contributed by atoms with Crippen molar-refractivity contribution in [3.8, 4) is 11.1 Å². The lowest BCUT2D eigenvalue weighted by molar-refractivity contribution is 0.555. The predicted molar refractivity (Wildman–Crippen MR) is 144 cm³/mol. The van der Waals surface area contributed by atoms with Gasteiger partial charge in [-0.2, -0.15) is 0 Å². The van der Waals surface area contributed by atoms with E-state index in [1.54, 1.807) is 38.1 Å². The first-order valence-corrected chi connectivity index (χ1v) is 13.3. The molecule has 0 radical (unpaired) electrons. The second-order valence-electron chi connectivity index (χ2n) is 8.15. The average Bonchev–Trinajstić information content (AvgIpc) is 2.74. The van der Waals surface area contributed by atoms with Crippen LogP contribution in [0.5, 0.6) is 0 Å². The smallest absolute Gasteiger partial charge is 0.341 e. The monoisotopic (exact) mass is 609 g/mol. The number of sulfonamides is 1. The van der Waals surface area contributed by atoms with Crippen LogP contribution in [0.2, 0.25) is 0 Å². The molecule has 0 atom stereocenters. The highest BCUT2D eigenvalue weighted by Gasteiger charge is 2.23. The summed E-state index contributed by atoms with van der Waals surface area (Å²) in [4.78, 5) is 28.7. The summed E-state index contributed by atoms with van der Waals surface area (Å²) in [6.07, 6.45) is 1.04. The van der Waals surface area contributed by atoms with E-state index < -0.39 is 27.0 Å². The van der Waals surface area contributed by atoms with Crippen LogP contribution in [-0.4, -0.2) is 19.7 Å². The van der Waals surface area contributed by atoms with Gasteiger partial charge in [0.25, 0.3) is 5.56 Å². The van der Waals surface area contributed by atoms with Gasteiger partial charge in [-0.25, -0.2) is 17.6 Å². The Bertz CT molecular complexity index is 1730. The first-order chi connectivity index (χ1) is 16.4. The number of aromatic nitrogens is 1. The van der Waals surface area contributed by atoms with Gasteiger partial charge in [-0.15, -0.1) is 0 Å². The number of fused-ring (bicyclic) bond motifs is 1. The highest BCUT2D eigenvalue weighted by molar-refractivity contribution is 14.1. The van der Waals surface area contributed by atoms with Crippen molar-refractivity contribution in [2.75, 3.05) is 16.3 Å². The normalized spacial score (nSPS) is 11.6. The highest BCUT2D eigenvalue weighted by Crippen LogP contribution is 2.37. The maximum atomic E-state index is 14.6. The number of aromatic amines is 1. The molecule has 0 saturated heterocycles. The van der Waals surface area contributed by atoms with Gasteiger partial charge in [0.2, 0.25) is 10.0 Å². The van der Waals surface area contributed by atoms with Crippen molar-refractivity contribution < 1.29 is 17.2 Å². The van der Waals surface area contributed by atoms with Crippen LogP contribution >= 0.6 is 22.6 Å². The Labute approximate surface area is 213 Å². The average molecular weight is 609 g/mol. The van der Waals surface area contributed by atoms with Gasteiger partial charge in [0.1, 0.15) is 11.2 Å². The van der Waals surface area contributed by atoms with Crippen molar-refractivity contribution in [3.05, 3.63) is 83.4 Å². The molecule has 2 aromatic carbocycles. The number of hydrogen-bond donors (Lipinski definition) is 3. The number of nitrogens with one attached hydrogen (secondary N) is 3. The second kappa shape index (κ2) is 9.11. The van der Waals surface area contributed by atoms with E-state index in [9.17, 15) is 22.4 Å². The van der Waals surface area contributed by atoms with Crippen LogP contribution in [0.25, 0.3) is 22.1 Å². The third-order valence-electron chi connectivity index (χ3n) is 5.57. The zero-order valence-corrected chi connectivity index (χ0v) is 22.1. The molecule has 8 nitrogen and oxygen atoms in total. The predicted octanol–water partition coefficient (Wildman–Crippen LogP) is 4.93. The molecule has 0 fully saturated rings. The first kappa shape index (κ1) is 24.9. The summed E-state index contributed by atoms with van der Waals surface area (Å²) in [5, 5.41) is 2.94. The number of benzene rings is 2. The highest BCUT2D eigenvalue weighted by atomic mass is 127. The zero-order chi connectivity index (χ0) is 25.7. The standard InChI is InChI=1S/C24H21FIN3O5S/c1-11-15(6-5-7-17(11)29-35(4,32)33)19-13(3)27-23(30)20-21(12(2)24(31)34-22(19)20)28-18-9-8-14(26)10-16(18)25/h5-10,28-29H,1-4H3,(H,27,30). The van der Waals surface area contributed by atoms with E-state index in [2.05, 4.69) is 15.0 Å². The fourth-order valence-electron chi connectivity index (χ4n) is 3.90. The van der Waals surface area contributed by atoms with Gasteiger partial charge in [-0.05, 0) is 78.8 Å². The Morgan fingerprint density at radius 1 is 1.03 bits per heavy atom. The Morgan fingerprint density at radius 3 is 2.40 bits per heavy atom. The van der Waals surface area contributed by atoms with E-state index in [0.29, 0.717) is 31.6 Å². The number of halogens is 2. The van der Waals surface area contributed by atoms with E-state index in [1.165, 1.54) is 19.1 Å².